The summed E-state index contributed by atoms with van der Waals surface area (Å²) in [5.41, 5.74) is 14.3. The van der Waals surface area contributed by atoms with E-state index in [1.807, 2.05) is 61.5 Å². The molecular formula is C15H17N5. The van der Waals surface area contributed by atoms with E-state index in [2.05, 4.69) is 15.5 Å². The Bertz CT molecular complexity index is 610. The van der Waals surface area contributed by atoms with Crippen molar-refractivity contribution in [3.63, 3.8) is 0 Å². The van der Waals surface area contributed by atoms with Gasteiger partial charge in [-0.25, -0.2) is 0 Å². The van der Waals surface area contributed by atoms with Gasteiger partial charge in [0.2, 0.25) is 5.96 Å². The lowest BCUT2D eigenvalue weighted by atomic mass is 10.1. The Labute approximate surface area is 118 Å². The Morgan fingerprint density at radius 1 is 0.850 bits per heavy atom. The van der Waals surface area contributed by atoms with E-state index in [9.17, 15) is 0 Å². The molecule has 5 nitrogen and oxygen atoms in total. The van der Waals surface area contributed by atoms with Gasteiger partial charge in [0.05, 0.1) is 5.71 Å². The lowest BCUT2D eigenvalue weighted by Gasteiger charge is -2.07. The molecule has 0 saturated heterocycles. The second kappa shape index (κ2) is 6.38. The molecule has 2 aromatic rings. The zero-order valence-electron chi connectivity index (χ0n) is 11.2. The Morgan fingerprint density at radius 3 is 2.05 bits per heavy atom. The van der Waals surface area contributed by atoms with Gasteiger partial charge in [-0.3, -0.25) is 0 Å². The van der Waals surface area contributed by atoms with Crippen LogP contribution in [0.3, 0.4) is 0 Å². The molecular weight excluding hydrogens is 250 g/mol. The van der Waals surface area contributed by atoms with E-state index in [1.54, 1.807) is 0 Å². The van der Waals surface area contributed by atoms with E-state index in [1.165, 1.54) is 0 Å². The molecule has 0 saturated carbocycles. The number of para-hydroxylation sites is 1. The third kappa shape index (κ3) is 3.84. The monoisotopic (exact) mass is 267 g/mol. The molecule has 0 aliphatic heterocycles. The Kier molecular flexibility index (Phi) is 4.34. The summed E-state index contributed by atoms with van der Waals surface area (Å²) in [6, 6.07) is 17.9. The van der Waals surface area contributed by atoms with Crippen LogP contribution in [0.25, 0.3) is 0 Å². The molecule has 0 fully saturated rings. The quantitative estimate of drug-likeness (QED) is 0.451. The maximum atomic E-state index is 5.24. The molecule has 20 heavy (non-hydrogen) atoms. The van der Waals surface area contributed by atoms with Gasteiger partial charge in [-0.1, -0.05) is 30.3 Å². The maximum absolute atomic E-state index is 5.24. The van der Waals surface area contributed by atoms with Crippen LogP contribution in [0.4, 0.5) is 11.4 Å². The van der Waals surface area contributed by atoms with Crippen molar-refractivity contribution in [2.24, 2.45) is 21.7 Å². The second-order valence-electron chi connectivity index (χ2n) is 4.28. The summed E-state index contributed by atoms with van der Waals surface area (Å²) in [5.74, 6) is -0.0493. The summed E-state index contributed by atoms with van der Waals surface area (Å²) in [6.07, 6.45) is 0. The molecule has 2 aromatic carbocycles. The van der Waals surface area contributed by atoms with Crippen LogP contribution in [0, 0.1) is 0 Å². The minimum absolute atomic E-state index is 0.0493. The maximum Gasteiger partial charge on any atom is 0.211 e. The lowest BCUT2D eigenvalue weighted by Crippen LogP contribution is -2.22. The fourth-order valence-electron chi connectivity index (χ4n) is 1.67. The number of hydrogen-bond acceptors (Lipinski definition) is 3. The number of nitrogens with zero attached hydrogens (tertiary/aromatic N) is 2. The summed E-state index contributed by atoms with van der Waals surface area (Å²) in [5, 5.41) is 10.9. The molecule has 2 rings (SSSR count). The zero-order chi connectivity index (χ0) is 14.4. The number of anilines is 2. The highest BCUT2D eigenvalue weighted by molar-refractivity contribution is 5.99. The molecule has 0 aromatic heterocycles. The largest absolute Gasteiger partial charge is 0.369 e. The van der Waals surface area contributed by atoms with Gasteiger partial charge >= 0.3 is 0 Å². The fourth-order valence-corrected chi connectivity index (χ4v) is 1.67. The van der Waals surface area contributed by atoms with E-state index in [0.29, 0.717) is 0 Å². The third-order valence-corrected chi connectivity index (χ3v) is 2.68. The van der Waals surface area contributed by atoms with Crippen molar-refractivity contribution in [1.29, 1.82) is 0 Å². The molecule has 0 spiro atoms. The predicted molar refractivity (Wildman–Crippen MR) is 84.2 cm³/mol. The van der Waals surface area contributed by atoms with E-state index in [-0.39, 0.29) is 5.96 Å². The fraction of sp³-hybridized carbons (Fsp3) is 0.0667. The SMILES string of the molecule is C/C(=N\N=C(N)N)c1ccc(Nc2ccccc2)cc1. The van der Waals surface area contributed by atoms with Crippen molar-refractivity contribution in [2.75, 3.05) is 5.32 Å². The van der Waals surface area contributed by atoms with E-state index >= 15 is 0 Å². The summed E-state index contributed by atoms with van der Waals surface area (Å²) in [6.45, 7) is 1.85. The van der Waals surface area contributed by atoms with Crippen LogP contribution in [0.1, 0.15) is 12.5 Å². The Morgan fingerprint density at radius 2 is 1.45 bits per heavy atom. The molecule has 0 amide bonds. The number of guanidine groups is 1. The Hall–Kier alpha value is -2.82. The Balaban J connectivity index is 2.10. The highest BCUT2D eigenvalue weighted by Crippen LogP contribution is 2.16. The summed E-state index contributed by atoms with van der Waals surface area (Å²) in [7, 11) is 0. The van der Waals surface area contributed by atoms with Gasteiger partial charge < -0.3 is 16.8 Å². The van der Waals surface area contributed by atoms with Crippen molar-refractivity contribution < 1.29 is 0 Å². The summed E-state index contributed by atoms with van der Waals surface area (Å²) in [4.78, 5) is 0. The standard InChI is InChI=1S/C15H17N5/c1-11(19-20-15(16)17)12-7-9-14(10-8-12)18-13-5-3-2-4-6-13/h2-10,18H,1H3,(H4,16,17,20)/b19-11+. The van der Waals surface area contributed by atoms with Crippen molar-refractivity contribution in [1.82, 2.24) is 0 Å². The summed E-state index contributed by atoms with van der Waals surface area (Å²) >= 11 is 0. The number of hydrogen-bond donors (Lipinski definition) is 3. The second-order valence-corrected chi connectivity index (χ2v) is 4.28. The van der Waals surface area contributed by atoms with Gasteiger partial charge in [0.25, 0.3) is 0 Å². The first-order chi connectivity index (χ1) is 9.65. The molecule has 0 unspecified atom stereocenters. The van der Waals surface area contributed by atoms with Gasteiger partial charge in [-0.2, -0.15) is 5.10 Å². The predicted octanol–water partition coefficient (Wildman–Crippen LogP) is 2.43. The molecule has 0 aliphatic carbocycles. The molecule has 0 aliphatic rings. The first kappa shape index (κ1) is 13.6. The minimum Gasteiger partial charge on any atom is -0.369 e. The van der Waals surface area contributed by atoms with Crippen molar-refractivity contribution >= 4 is 23.0 Å². The molecule has 102 valence electrons. The van der Waals surface area contributed by atoms with Crippen LogP contribution in [0.15, 0.2) is 64.8 Å². The van der Waals surface area contributed by atoms with E-state index in [4.69, 9.17) is 11.5 Å². The zero-order valence-corrected chi connectivity index (χ0v) is 11.2. The number of benzene rings is 2. The molecule has 0 heterocycles. The van der Waals surface area contributed by atoms with Crippen LogP contribution < -0.4 is 16.8 Å². The molecule has 5 N–H and O–H groups in total. The molecule has 5 heteroatoms. The van der Waals surface area contributed by atoms with E-state index in [0.717, 1.165) is 22.6 Å². The third-order valence-electron chi connectivity index (χ3n) is 2.68. The van der Waals surface area contributed by atoms with E-state index < -0.39 is 0 Å². The van der Waals surface area contributed by atoms with Crippen LogP contribution >= 0.6 is 0 Å². The topological polar surface area (TPSA) is 88.8 Å². The van der Waals surface area contributed by atoms with Crippen molar-refractivity contribution in [3.05, 3.63) is 60.2 Å². The number of nitrogens with two attached hydrogens (primary N) is 2. The van der Waals surface area contributed by atoms with Crippen LogP contribution in [-0.2, 0) is 0 Å². The smallest absolute Gasteiger partial charge is 0.211 e. The molecule has 0 atom stereocenters. The van der Waals surface area contributed by atoms with Gasteiger partial charge in [-0.05, 0) is 36.8 Å². The normalized spacial score (nSPS) is 10.9. The average molecular weight is 267 g/mol. The first-order valence-electron chi connectivity index (χ1n) is 6.21. The van der Waals surface area contributed by atoms with Gasteiger partial charge in [-0.15, -0.1) is 5.10 Å². The first-order valence-corrected chi connectivity index (χ1v) is 6.21. The van der Waals surface area contributed by atoms with Gasteiger partial charge in [0, 0.05) is 11.4 Å². The lowest BCUT2D eigenvalue weighted by molar-refractivity contribution is 1.20. The average Bonchev–Trinajstić information content (AvgIpc) is 2.46. The minimum atomic E-state index is -0.0493. The number of nitrogens with one attached hydrogen (secondary N) is 1. The van der Waals surface area contributed by atoms with Crippen molar-refractivity contribution in [3.8, 4) is 0 Å². The van der Waals surface area contributed by atoms with Gasteiger partial charge in [0.15, 0.2) is 0 Å². The molecule has 0 radical (unpaired) electrons. The number of rotatable bonds is 4. The summed E-state index contributed by atoms with van der Waals surface area (Å²) < 4.78 is 0. The highest BCUT2D eigenvalue weighted by atomic mass is 15.3. The molecule has 0 bridgehead atoms. The van der Waals surface area contributed by atoms with Crippen LogP contribution in [-0.4, -0.2) is 11.7 Å². The van der Waals surface area contributed by atoms with Crippen LogP contribution in [0.2, 0.25) is 0 Å². The highest BCUT2D eigenvalue weighted by Gasteiger charge is 1.98. The van der Waals surface area contributed by atoms with Gasteiger partial charge in [0.1, 0.15) is 0 Å². The van der Waals surface area contributed by atoms with Crippen LogP contribution in [0.5, 0.6) is 0 Å². The van der Waals surface area contributed by atoms with Crippen molar-refractivity contribution in [2.45, 2.75) is 6.92 Å².